The van der Waals surface area contributed by atoms with Crippen LogP contribution in [0.25, 0.3) is 0 Å². The van der Waals surface area contributed by atoms with E-state index in [0.29, 0.717) is 6.10 Å². The minimum Gasteiger partial charge on any atom is -0.489 e. The molecule has 0 spiro atoms. The van der Waals surface area contributed by atoms with Crippen LogP contribution in [0.4, 0.5) is 0 Å². The number of benzene rings is 1. The van der Waals surface area contributed by atoms with Gasteiger partial charge in [0.15, 0.2) is 0 Å². The molecule has 1 aromatic carbocycles. The normalized spacial score (nSPS) is 21.9. The maximum absolute atomic E-state index is 8.86. The van der Waals surface area contributed by atoms with Crippen molar-refractivity contribution >= 4 is 0 Å². The predicted molar refractivity (Wildman–Crippen MR) is 81.8 cm³/mol. The molecule has 0 radical (unpaired) electrons. The van der Waals surface area contributed by atoms with E-state index in [4.69, 9.17) is 9.84 Å². The Morgan fingerprint density at radius 2 is 2.20 bits per heavy atom. The van der Waals surface area contributed by atoms with E-state index >= 15 is 0 Å². The van der Waals surface area contributed by atoms with Gasteiger partial charge >= 0.3 is 0 Å². The quantitative estimate of drug-likeness (QED) is 0.850. The number of aliphatic hydroxyl groups is 1. The average Bonchev–Trinajstić information content (AvgIpc) is 2.47. The van der Waals surface area contributed by atoms with Crippen molar-refractivity contribution in [2.75, 3.05) is 6.61 Å². The molecule has 2 heteroatoms. The molecule has 2 rings (SSSR count). The Kier molecular flexibility index (Phi) is 5.49. The molecule has 0 heterocycles. The van der Waals surface area contributed by atoms with Crippen molar-refractivity contribution in [1.29, 1.82) is 0 Å². The van der Waals surface area contributed by atoms with Crippen LogP contribution in [0.1, 0.15) is 50.2 Å². The summed E-state index contributed by atoms with van der Waals surface area (Å²) < 4.78 is 6.19. The molecule has 1 aliphatic carbocycles. The second-order valence-electron chi connectivity index (χ2n) is 5.64. The summed E-state index contributed by atoms with van der Waals surface area (Å²) in [5.74, 6) is 7.37. The zero-order valence-corrected chi connectivity index (χ0v) is 12.5. The van der Waals surface area contributed by atoms with E-state index in [1.807, 2.05) is 19.1 Å². The molecule has 1 aliphatic rings. The van der Waals surface area contributed by atoms with E-state index < -0.39 is 0 Å². The van der Waals surface area contributed by atoms with E-state index in [-0.39, 0.29) is 6.61 Å². The Morgan fingerprint density at radius 3 is 2.95 bits per heavy atom. The van der Waals surface area contributed by atoms with Crippen molar-refractivity contribution in [3.63, 3.8) is 0 Å². The van der Waals surface area contributed by atoms with Crippen LogP contribution < -0.4 is 4.74 Å². The second kappa shape index (κ2) is 7.36. The molecule has 108 valence electrons. The summed E-state index contributed by atoms with van der Waals surface area (Å²) in [6, 6.07) is 6.09. The van der Waals surface area contributed by atoms with Gasteiger partial charge in [-0.1, -0.05) is 37.7 Å². The molecule has 1 N–H and O–H groups in total. The topological polar surface area (TPSA) is 29.5 Å². The minimum absolute atomic E-state index is 0.116. The molecule has 2 atom stereocenters. The summed E-state index contributed by atoms with van der Waals surface area (Å²) in [5, 5.41) is 8.86. The third-order valence-corrected chi connectivity index (χ3v) is 4.04. The zero-order valence-electron chi connectivity index (χ0n) is 12.5. The Labute approximate surface area is 122 Å². The number of aliphatic hydroxyl groups excluding tert-OH is 1. The van der Waals surface area contributed by atoms with Gasteiger partial charge in [-0.3, -0.25) is 0 Å². The van der Waals surface area contributed by atoms with Gasteiger partial charge in [0.2, 0.25) is 0 Å². The van der Waals surface area contributed by atoms with Crippen molar-refractivity contribution in [2.45, 2.75) is 52.1 Å². The van der Waals surface area contributed by atoms with E-state index in [2.05, 4.69) is 24.8 Å². The highest BCUT2D eigenvalue weighted by molar-refractivity contribution is 5.48. The molecule has 2 nitrogen and oxygen atoms in total. The Balaban J connectivity index is 2.12. The fraction of sp³-hybridized carbons (Fsp3) is 0.556. The molecule has 20 heavy (non-hydrogen) atoms. The van der Waals surface area contributed by atoms with E-state index in [0.717, 1.165) is 35.6 Å². The Bertz CT molecular complexity index is 496. The molecule has 1 saturated carbocycles. The summed E-state index contributed by atoms with van der Waals surface area (Å²) in [4.78, 5) is 0. The fourth-order valence-corrected chi connectivity index (χ4v) is 2.88. The monoisotopic (exact) mass is 272 g/mol. The summed E-state index contributed by atoms with van der Waals surface area (Å²) in [6.07, 6.45) is 6.43. The summed E-state index contributed by atoms with van der Waals surface area (Å²) in [5.41, 5.74) is 2.05. The first kappa shape index (κ1) is 14.9. The lowest BCUT2D eigenvalue weighted by atomic mass is 9.85. The first-order chi connectivity index (χ1) is 9.72. The van der Waals surface area contributed by atoms with E-state index in [9.17, 15) is 0 Å². The van der Waals surface area contributed by atoms with Crippen LogP contribution in [0.15, 0.2) is 18.2 Å². The SMILES string of the molecule is CCC1CCCC(Oc2ccc(C)cc2C#CCO)C1. The van der Waals surface area contributed by atoms with Gasteiger partial charge in [0.05, 0.1) is 11.7 Å². The highest BCUT2D eigenvalue weighted by Gasteiger charge is 2.22. The van der Waals surface area contributed by atoms with Crippen LogP contribution in [-0.2, 0) is 0 Å². The molecule has 0 bridgehead atoms. The second-order valence-corrected chi connectivity index (χ2v) is 5.64. The number of hydrogen-bond acceptors (Lipinski definition) is 2. The van der Waals surface area contributed by atoms with E-state index in [1.54, 1.807) is 0 Å². The molecular weight excluding hydrogens is 248 g/mol. The molecule has 0 aliphatic heterocycles. The molecule has 0 aromatic heterocycles. The lowest BCUT2D eigenvalue weighted by Gasteiger charge is -2.29. The van der Waals surface area contributed by atoms with Crippen LogP contribution in [0.5, 0.6) is 5.75 Å². The first-order valence-electron chi connectivity index (χ1n) is 7.60. The summed E-state index contributed by atoms with van der Waals surface area (Å²) in [6.45, 7) is 4.19. The van der Waals surface area contributed by atoms with Crippen molar-refractivity contribution in [3.05, 3.63) is 29.3 Å². The number of rotatable bonds is 3. The van der Waals surface area contributed by atoms with Crippen LogP contribution in [0.3, 0.4) is 0 Å². The van der Waals surface area contributed by atoms with Crippen LogP contribution in [0, 0.1) is 24.7 Å². The largest absolute Gasteiger partial charge is 0.489 e. The Hall–Kier alpha value is -1.46. The summed E-state index contributed by atoms with van der Waals surface area (Å²) in [7, 11) is 0. The minimum atomic E-state index is -0.116. The fourth-order valence-electron chi connectivity index (χ4n) is 2.88. The van der Waals surface area contributed by atoms with Gasteiger partial charge in [0.1, 0.15) is 12.4 Å². The predicted octanol–water partition coefficient (Wildman–Crippen LogP) is 3.69. The van der Waals surface area contributed by atoms with Gasteiger partial charge in [0, 0.05) is 0 Å². The summed E-state index contributed by atoms with van der Waals surface area (Å²) >= 11 is 0. The maximum Gasteiger partial charge on any atom is 0.135 e. The molecular formula is C18H24O2. The van der Waals surface area contributed by atoms with Crippen LogP contribution in [0.2, 0.25) is 0 Å². The molecule has 0 saturated heterocycles. The van der Waals surface area contributed by atoms with Crippen molar-refractivity contribution in [1.82, 2.24) is 0 Å². The molecule has 1 aromatic rings. The van der Waals surface area contributed by atoms with Gasteiger partial charge < -0.3 is 9.84 Å². The van der Waals surface area contributed by atoms with Crippen molar-refractivity contribution in [2.24, 2.45) is 5.92 Å². The highest BCUT2D eigenvalue weighted by Crippen LogP contribution is 2.30. The van der Waals surface area contributed by atoms with Gasteiger partial charge in [-0.05, 0) is 49.8 Å². The van der Waals surface area contributed by atoms with Gasteiger partial charge in [-0.2, -0.15) is 0 Å². The van der Waals surface area contributed by atoms with Gasteiger partial charge in [-0.25, -0.2) is 0 Å². The lowest BCUT2D eigenvalue weighted by Crippen LogP contribution is -2.25. The smallest absolute Gasteiger partial charge is 0.135 e. The van der Waals surface area contributed by atoms with Crippen LogP contribution >= 0.6 is 0 Å². The van der Waals surface area contributed by atoms with Crippen LogP contribution in [-0.4, -0.2) is 17.8 Å². The van der Waals surface area contributed by atoms with Crippen molar-refractivity contribution in [3.8, 4) is 17.6 Å². The first-order valence-corrected chi connectivity index (χ1v) is 7.60. The third kappa shape index (κ3) is 4.02. The number of ether oxygens (including phenoxy) is 1. The Morgan fingerprint density at radius 1 is 1.35 bits per heavy atom. The van der Waals surface area contributed by atoms with E-state index in [1.165, 1.54) is 19.3 Å². The molecule has 2 unspecified atom stereocenters. The zero-order chi connectivity index (χ0) is 14.4. The highest BCUT2D eigenvalue weighted by atomic mass is 16.5. The van der Waals surface area contributed by atoms with Gasteiger partial charge in [0.25, 0.3) is 0 Å². The molecule has 1 fully saturated rings. The average molecular weight is 272 g/mol. The van der Waals surface area contributed by atoms with Gasteiger partial charge in [-0.15, -0.1) is 0 Å². The number of aryl methyl sites for hydroxylation is 1. The number of hydrogen-bond donors (Lipinski definition) is 1. The molecule has 0 amide bonds. The lowest BCUT2D eigenvalue weighted by molar-refractivity contribution is 0.122. The standard InChI is InChI=1S/C18H24O2/c1-3-15-6-4-8-17(13-15)20-18-10-9-14(2)12-16(18)7-5-11-19/h9-10,12,15,17,19H,3-4,6,8,11,13H2,1-2H3. The van der Waals surface area contributed by atoms with Crippen molar-refractivity contribution < 1.29 is 9.84 Å². The maximum atomic E-state index is 8.86. The third-order valence-electron chi connectivity index (χ3n) is 4.04.